The molecule has 0 bridgehead atoms. The third-order valence-electron chi connectivity index (χ3n) is 10.1. The molecule has 3 heterocycles. The molecule has 11 rings (SSSR count). The third-order valence-corrected chi connectivity index (χ3v) is 11.3. The van der Waals surface area contributed by atoms with Crippen LogP contribution < -0.4 is 0 Å². The largest absolute Gasteiger partial charge is 0.309 e. The number of aromatic nitrogens is 2. The molecule has 0 radical (unpaired) electrons. The highest BCUT2D eigenvalue weighted by Crippen LogP contribution is 2.47. The first-order chi connectivity index (χ1) is 23.8. The molecule has 3 aromatic heterocycles. The number of nitrogens with zero attached hydrogens (tertiary/aromatic N) is 2. The van der Waals surface area contributed by atoms with Crippen LogP contribution in [-0.2, 0) is 0 Å². The molecule has 0 fully saturated rings. The zero-order valence-electron chi connectivity index (χ0n) is 25.8. The molecule has 0 aliphatic heterocycles. The quantitative estimate of drug-likeness (QED) is 0.191. The van der Waals surface area contributed by atoms with Gasteiger partial charge in [-0.3, -0.25) is 0 Å². The highest BCUT2D eigenvalue weighted by molar-refractivity contribution is 7.25. The molecule has 0 N–H and O–H groups in total. The van der Waals surface area contributed by atoms with Gasteiger partial charge in [-0.2, -0.15) is 0 Å². The van der Waals surface area contributed by atoms with Crippen molar-refractivity contribution >= 4 is 64.1 Å². The van der Waals surface area contributed by atoms with Crippen molar-refractivity contribution in [3.8, 4) is 50.5 Å². The first-order valence-electron chi connectivity index (χ1n) is 16.4. The molecule has 7 aromatic carbocycles. The standard InChI is InChI=1S/C45H26N2S/c1-2-15-36-32(12-1)35-16-8-10-30-26-39(46-45(36)44(30)35)29-9-7-11-31(23-29)47-40-17-5-3-13-33(40)37-24-27(19-21-41(37)47)28-20-22-43-38(25-28)34-14-4-6-18-42(34)48-43/h1-26H. The molecule has 3 heteroatoms. The van der Waals surface area contributed by atoms with E-state index in [1.54, 1.807) is 0 Å². The van der Waals surface area contributed by atoms with E-state index in [1.807, 2.05) is 11.3 Å². The lowest BCUT2D eigenvalue weighted by Gasteiger charge is -2.12. The number of pyridine rings is 1. The van der Waals surface area contributed by atoms with Crippen LogP contribution in [0.25, 0.3) is 103 Å². The Kier molecular flexibility index (Phi) is 5.29. The summed E-state index contributed by atoms with van der Waals surface area (Å²) < 4.78 is 5.07. The summed E-state index contributed by atoms with van der Waals surface area (Å²) in [4.78, 5) is 5.30. The minimum absolute atomic E-state index is 0.993. The molecule has 2 nitrogen and oxygen atoms in total. The van der Waals surface area contributed by atoms with Gasteiger partial charge in [0.1, 0.15) is 0 Å². The van der Waals surface area contributed by atoms with Gasteiger partial charge in [-0.05, 0) is 82.2 Å². The lowest BCUT2D eigenvalue weighted by Crippen LogP contribution is -1.95. The van der Waals surface area contributed by atoms with Crippen LogP contribution in [-0.4, -0.2) is 9.55 Å². The molecular weight excluding hydrogens is 601 g/mol. The number of thiophene rings is 1. The molecular formula is C45H26N2S. The van der Waals surface area contributed by atoms with Crippen LogP contribution in [0.4, 0.5) is 0 Å². The zero-order valence-corrected chi connectivity index (χ0v) is 26.6. The number of rotatable bonds is 3. The predicted molar refractivity (Wildman–Crippen MR) is 204 cm³/mol. The summed E-state index contributed by atoms with van der Waals surface area (Å²) in [5.41, 5.74) is 12.9. The molecule has 10 aromatic rings. The maximum Gasteiger partial charge on any atom is 0.0800 e. The Morgan fingerprint density at radius 2 is 1.15 bits per heavy atom. The molecule has 0 saturated carbocycles. The van der Waals surface area contributed by atoms with Crippen LogP contribution in [0.3, 0.4) is 0 Å². The van der Waals surface area contributed by atoms with Crippen LogP contribution in [0, 0.1) is 0 Å². The van der Waals surface area contributed by atoms with E-state index < -0.39 is 0 Å². The fraction of sp³-hybridized carbons (Fsp3) is 0. The highest BCUT2D eigenvalue weighted by Gasteiger charge is 2.23. The summed E-state index contributed by atoms with van der Waals surface area (Å²) in [6, 6.07) is 57.7. The molecule has 0 saturated heterocycles. The minimum Gasteiger partial charge on any atom is -0.309 e. The molecule has 0 spiro atoms. The van der Waals surface area contributed by atoms with Crippen molar-refractivity contribution in [2.45, 2.75) is 0 Å². The molecule has 48 heavy (non-hydrogen) atoms. The van der Waals surface area contributed by atoms with E-state index >= 15 is 0 Å². The molecule has 1 aliphatic rings. The van der Waals surface area contributed by atoms with Gasteiger partial charge in [0.25, 0.3) is 0 Å². The monoisotopic (exact) mass is 626 g/mol. The number of hydrogen-bond donors (Lipinski definition) is 0. The fourth-order valence-corrected chi connectivity index (χ4v) is 9.03. The van der Waals surface area contributed by atoms with Gasteiger partial charge in [0.2, 0.25) is 0 Å². The van der Waals surface area contributed by atoms with E-state index in [-0.39, 0.29) is 0 Å². The zero-order chi connectivity index (χ0) is 31.3. The van der Waals surface area contributed by atoms with E-state index in [2.05, 4.69) is 162 Å². The van der Waals surface area contributed by atoms with Gasteiger partial charge in [-0.25, -0.2) is 4.98 Å². The Balaban J connectivity index is 1.07. The van der Waals surface area contributed by atoms with Crippen LogP contribution in [0.2, 0.25) is 0 Å². The van der Waals surface area contributed by atoms with Gasteiger partial charge in [0.15, 0.2) is 0 Å². The fourth-order valence-electron chi connectivity index (χ4n) is 7.94. The van der Waals surface area contributed by atoms with Gasteiger partial charge in [0, 0.05) is 53.1 Å². The van der Waals surface area contributed by atoms with Crippen molar-refractivity contribution in [2.75, 3.05) is 0 Å². The SMILES string of the molecule is c1cc(-c2cc3cccc4c3c(n2)-c2ccccc2-4)cc(-n2c3ccccc3c3cc(-c4ccc5sc6ccccc6c5c4)ccc32)c1. The van der Waals surface area contributed by atoms with Crippen molar-refractivity contribution in [2.24, 2.45) is 0 Å². The summed E-state index contributed by atoms with van der Waals surface area (Å²) in [6.45, 7) is 0. The molecule has 222 valence electrons. The number of para-hydroxylation sites is 1. The van der Waals surface area contributed by atoms with E-state index in [0.29, 0.717) is 0 Å². The maximum atomic E-state index is 5.30. The van der Waals surface area contributed by atoms with Gasteiger partial charge in [0.05, 0.1) is 22.4 Å². The van der Waals surface area contributed by atoms with Crippen molar-refractivity contribution in [1.82, 2.24) is 9.55 Å². The number of benzene rings is 7. The third kappa shape index (κ3) is 3.65. The summed E-state index contributed by atoms with van der Waals surface area (Å²) in [7, 11) is 0. The van der Waals surface area contributed by atoms with Crippen molar-refractivity contribution in [3.05, 3.63) is 158 Å². The number of fused-ring (bicyclic) bond motifs is 9. The Labute approximate surface area is 280 Å². The van der Waals surface area contributed by atoms with Crippen LogP contribution in [0.15, 0.2) is 158 Å². The normalized spacial score (nSPS) is 12.2. The average molecular weight is 627 g/mol. The molecule has 0 amide bonds. The van der Waals surface area contributed by atoms with Crippen molar-refractivity contribution in [3.63, 3.8) is 0 Å². The lowest BCUT2D eigenvalue weighted by atomic mass is 10.0. The van der Waals surface area contributed by atoms with E-state index in [0.717, 1.165) is 22.6 Å². The predicted octanol–water partition coefficient (Wildman–Crippen LogP) is 12.7. The Hall–Kier alpha value is -6.03. The minimum atomic E-state index is 0.993. The Bertz CT molecular complexity index is 2960. The highest BCUT2D eigenvalue weighted by atomic mass is 32.1. The topological polar surface area (TPSA) is 17.8 Å². The van der Waals surface area contributed by atoms with Crippen molar-refractivity contribution < 1.29 is 0 Å². The van der Waals surface area contributed by atoms with Gasteiger partial charge in [-0.1, -0.05) is 103 Å². The summed E-state index contributed by atoms with van der Waals surface area (Å²) in [6.07, 6.45) is 0. The van der Waals surface area contributed by atoms with Crippen LogP contribution in [0.5, 0.6) is 0 Å². The summed E-state index contributed by atoms with van der Waals surface area (Å²) in [5.74, 6) is 0. The molecule has 0 unspecified atom stereocenters. The second-order valence-corrected chi connectivity index (χ2v) is 13.8. The lowest BCUT2D eigenvalue weighted by molar-refractivity contribution is 1.18. The number of hydrogen-bond acceptors (Lipinski definition) is 2. The first kappa shape index (κ1) is 26.1. The van der Waals surface area contributed by atoms with E-state index in [9.17, 15) is 0 Å². The Morgan fingerprint density at radius 1 is 0.438 bits per heavy atom. The van der Waals surface area contributed by atoms with Crippen LogP contribution in [0.1, 0.15) is 0 Å². The smallest absolute Gasteiger partial charge is 0.0800 e. The van der Waals surface area contributed by atoms with Crippen LogP contribution >= 0.6 is 11.3 Å². The summed E-state index contributed by atoms with van der Waals surface area (Å²) >= 11 is 1.86. The van der Waals surface area contributed by atoms with Crippen molar-refractivity contribution in [1.29, 1.82) is 0 Å². The second kappa shape index (κ2) is 9.74. The van der Waals surface area contributed by atoms with Gasteiger partial charge < -0.3 is 4.57 Å². The molecule has 1 aliphatic carbocycles. The van der Waals surface area contributed by atoms with Gasteiger partial charge >= 0.3 is 0 Å². The maximum absolute atomic E-state index is 5.30. The van der Waals surface area contributed by atoms with E-state index in [1.165, 1.54) is 80.6 Å². The first-order valence-corrected chi connectivity index (χ1v) is 17.2. The Morgan fingerprint density at radius 3 is 2.08 bits per heavy atom. The average Bonchev–Trinajstić information content (AvgIpc) is 3.80. The molecule has 0 atom stereocenters. The van der Waals surface area contributed by atoms with E-state index in [4.69, 9.17) is 4.98 Å². The summed E-state index contributed by atoms with van der Waals surface area (Å²) in [5, 5.41) is 7.65. The van der Waals surface area contributed by atoms with Gasteiger partial charge in [-0.15, -0.1) is 11.3 Å². The second-order valence-electron chi connectivity index (χ2n) is 12.7.